The monoisotopic (exact) mass is 485 g/mol. The number of fused-ring (bicyclic) bond motifs is 1. The first-order chi connectivity index (χ1) is 16.9. The van der Waals surface area contributed by atoms with E-state index < -0.39 is 11.9 Å². The lowest BCUT2D eigenvalue weighted by atomic mass is 10.0. The largest absolute Gasteiger partial charge is 0.505 e. The van der Waals surface area contributed by atoms with Gasteiger partial charge in [0.15, 0.2) is 16.4 Å². The predicted molar refractivity (Wildman–Crippen MR) is 132 cm³/mol. The number of rotatable bonds is 6. The molecule has 1 amide bonds. The van der Waals surface area contributed by atoms with E-state index in [1.54, 1.807) is 49.4 Å². The third-order valence-electron chi connectivity index (χ3n) is 5.04. The summed E-state index contributed by atoms with van der Waals surface area (Å²) in [5, 5.41) is 32.8. The van der Waals surface area contributed by atoms with Crippen LogP contribution in [0.1, 0.15) is 38.9 Å². The van der Waals surface area contributed by atoms with Gasteiger partial charge in [-0.05, 0) is 49.0 Å². The van der Waals surface area contributed by atoms with E-state index in [4.69, 9.17) is 4.74 Å². The van der Waals surface area contributed by atoms with Gasteiger partial charge >= 0.3 is 5.97 Å². The first-order valence-electron chi connectivity index (χ1n) is 10.5. The van der Waals surface area contributed by atoms with Crippen LogP contribution in [0.3, 0.4) is 0 Å². The fourth-order valence-electron chi connectivity index (χ4n) is 3.31. The minimum Gasteiger partial charge on any atom is -0.505 e. The number of aryl methyl sites for hydroxylation is 1. The van der Waals surface area contributed by atoms with E-state index in [-0.39, 0.29) is 39.9 Å². The van der Waals surface area contributed by atoms with Crippen LogP contribution in [0.25, 0.3) is 10.8 Å². The average Bonchev–Trinajstić information content (AvgIpc) is 3.27. The van der Waals surface area contributed by atoms with Crippen LogP contribution in [-0.2, 0) is 4.74 Å². The molecule has 3 aromatic carbocycles. The average molecular weight is 486 g/mol. The Morgan fingerprint density at radius 1 is 1.17 bits per heavy atom. The lowest BCUT2D eigenvalue weighted by Crippen LogP contribution is -2.12. The third-order valence-corrected chi connectivity index (χ3v) is 5.78. The first-order valence-corrected chi connectivity index (χ1v) is 11.3. The van der Waals surface area contributed by atoms with Crippen molar-refractivity contribution in [2.45, 2.75) is 13.8 Å². The second-order valence-corrected chi connectivity index (χ2v) is 8.16. The van der Waals surface area contributed by atoms with Crippen molar-refractivity contribution in [1.82, 2.24) is 4.37 Å². The van der Waals surface area contributed by atoms with Crippen molar-refractivity contribution < 1.29 is 19.4 Å². The van der Waals surface area contributed by atoms with Crippen molar-refractivity contribution in [3.63, 3.8) is 0 Å². The van der Waals surface area contributed by atoms with Crippen molar-refractivity contribution in [1.29, 1.82) is 5.26 Å². The van der Waals surface area contributed by atoms with Crippen LogP contribution in [-0.4, -0.2) is 28.0 Å². The SMILES string of the molecule is CCOC(=O)c1nsc(N=Nc2c(O)c(C(=O)Nc3ccc(C)cc3)cc3ccccc23)c1C#N. The molecular formula is C25H19N5O4S. The minimum absolute atomic E-state index is 0.00949. The summed E-state index contributed by atoms with van der Waals surface area (Å²) >= 11 is 0.804. The van der Waals surface area contributed by atoms with Gasteiger partial charge in [-0.1, -0.05) is 42.0 Å². The van der Waals surface area contributed by atoms with Gasteiger partial charge in [0.05, 0.1) is 12.2 Å². The number of anilines is 1. The van der Waals surface area contributed by atoms with Crippen molar-refractivity contribution in [3.8, 4) is 11.8 Å². The predicted octanol–water partition coefficient (Wildman–Crippen LogP) is 6.03. The van der Waals surface area contributed by atoms with E-state index >= 15 is 0 Å². The van der Waals surface area contributed by atoms with Gasteiger partial charge in [0, 0.05) is 11.1 Å². The number of aromatic hydroxyl groups is 1. The Morgan fingerprint density at radius 2 is 1.91 bits per heavy atom. The molecule has 0 aliphatic carbocycles. The number of ether oxygens (including phenoxy) is 1. The molecule has 9 nitrogen and oxygen atoms in total. The van der Waals surface area contributed by atoms with Crippen LogP contribution in [0.2, 0.25) is 0 Å². The highest BCUT2D eigenvalue weighted by atomic mass is 32.1. The molecule has 1 aromatic heterocycles. The number of nitrogens with one attached hydrogen (secondary N) is 1. The van der Waals surface area contributed by atoms with Gasteiger partial charge in [-0.2, -0.15) is 9.64 Å². The summed E-state index contributed by atoms with van der Waals surface area (Å²) in [5.74, 6) is -1.62. The van der Waals surface area contributed by atoms with Gasteiger partial charge in [0.2, 0.25) is 0 Å². The molecule has 4 rings (SSSR count). The number of hydrogen-bond acceptors (Lipinski definition) is 9. The van der Waals surface area contributed by atoms with Gasteiger partial charge < -0.3 is 15.2 Å². The van der Waals surface area contributed by atoms with E-state index in [1.165, 1.54) is 0 Å². The molecule has 0 saturated carbocycles. The van der Waals surface area contributed by atoms with E-state index in [9.17, 15) is 20.0 Å². The summed E-state index contributed by atoms with van der Waals surface area (Å²) < 4.78 is 8.88. The second kappa shape index (κ2) is 10.1. The van der Waals surface area contributed by atoms with Crippen LogP contribution >= 0.6 is 11.5 Å². The number of phenols is 1. The van der Waals surface area contributed by atoms with E-state index in [0.29, 0.717) is 16.5 Å². The number of carbonyl (C=O) groups is 2. The number of phenolic OH excluding ortho intramolecular Hbond substituents is 1. The highest BCUT2D eigenvalue weighted by Gasteiger charge is 2.22. The summed E-state index contributed by atoms with van der Waals surface area (Å²) in [7, 11) is 0. The van der Waals surface area contributed by atoms with Gasteiger partial charge in [-0.25, -0.2) is 4.79 Å². The molecule has 0 atom stereocenters. The molecule has 0 spiro atoms. The Balaban J connectivity index is 1.75. The normalized spacial score (nSPS) is 10.9. The molecule has 0 saturated heterocycles. The summed E-state index contributed by atoms with van der Waals surface area (Å²) in [4.78, 5) is 25.0. The summed E-state index contributed by atoms with van der Waals surface area (Å²) in [6, 6.07) is 17.8. The Kier molecular flexibility index (Phi) is 6.80. The molecule has 4 aromatic rings. The van der Waals surface area contributed by atoms with Crippen molar-refractivity contribution in [2.24, 2.45) is 10.2 Å². The second-order valence-electron chi connectivity index (χ2n) is 7.41. The standard InChI is InChI=1S/C25H19N5O4S/c1-3-34-25(33)21-19(13-26)24(35-30-21)29-28-20-17-7-5-4-6-15(17)12-18(22(20)31)23(32)27-16-10-8-14(2)9-11-16/h4-12,31H,3H2,1-2H3,(H,27,32). The lowest BCUT2D eigenvalue weighted by Gasteiger charge is -2.11. The Labute approximate surface area is 204 Å². The molecule has 0 aliphatic heterocycles. The molecule has 0 bridgehead atoms. The van der Waals surface area contributed by atoms with Gasteiger partial charge in [-0.3, -0.25) is 4.79 Å². The van der Waals surface area contributed by atoms with Crippen LogP contribution in [0, 0.1) is 18.3 Å². The lowest BCUT2D eigenvalue weighted by molar-refractivity contribution is 0.0520. The van der Waals surface area contributed by atoms with Crippen LogP contribution in [0.15, 0.2) is 64.8 Å². The van der Waals surface area contributed by atoms with Crippen LogP contribution in [0.5, 0.6) is 5.75 Å². The van der Waals surface area contributed by atoms with Gasteiger partial charge in [0.25, 0.3) is 5.91 Å². The zero-order valence-corrected chi connectivity index (χ0v) is 19.6. The molecular weight excluding hydrogens is 466 g/mol. The Hall–Kier alpha value is -4.62. The quantitative estimate of drug-likeness (QED) is 0.253. The maximum absolute atomic E-state index is 13.0. The van der Waals surface area contributed by atoms with Crippen molar-refractivity contribution in [3.05, 3.63) is 77.0 Å². The number of carbonyl (C=O) groups excluding carboxylic acids is 2. The zero-order valence-electron chi connectivity index (χ0n) is 18.8. The van der Waals surface area contributed by atoms with Gasteiger partial charge in [0.1, 0.15) is 17.3 Å². The number of benzene rings is 3. The number of aromatic nitrogens is 1. The summed E-state index contributed by atoms with van der Waals surface area (Å²) in [6.07, 6.45) is 0. The molecule has 0 unspecified atom stereocenters. The number of azo groups is 1. The first kappa shape index (κ1) is 23.5. The molecule has 0 fully saturated rings. The molecule has 174 valence electrons. The smallest absolute Gasteiger partial charge is 0.359 e. The maximum atomic E-state index is 13.0. The van der Waals surface area contributed by atoms with E-state index in [2.05, 4.69) is 19.9 Å². The van der Waals surface area contributed by atoms with Crippen LogP contribution in [0.4, 0.5) is 16.4 Å². The Bertz CT molecular complexity index is 1500. The highest BCUT2D eigenvalue weighted by Crippen LogP contribution is 2.40. The molecule has 35 heavy (non-hydrogen) atoms. The maximum Gasteiger partial charge on any atom is 0.359 e. The molecule has 2 N–H and O–H groups in total. The number of esters is 1. The highest BCUT2D eigenvalue weighted by molar-refractivity contribution is 7.10. The number of nitriles is 1. The number of amides is 1. The van der Waals surface area contributed by atoms with Crippen LogP contribution < -0.4 is 5.32 Å². The fraction of sp³-hybridized carbons (Fsp3) is 0.120. The van der Waals surface area contributed by atoms with Gasteiger partial charge in [-0.15, -0.1) is 10.2 Å². The summed E-state index contributed by atoms with van der Waals surface area (Å²) in [6.45, 7) is 3.72. The van der Waals surface area contributed by atoms with E-state index in [0.717, 1.165) is 17.1 Å². The molecule has 0 radical (unpaired) electrons. The van der Waals surface area contributed by atoms with Crippen molar-refractivity contribution in [2.75, 3.05) is 11.9 Å². The van der Waals surface area contributed by atoms with E-state index in [1.807, 2.05) is 25.1 Å². The van der Waals surface area contributed by atoms with Crippen molar-refractivity contribution >= 4 is 50.6 Å². The third kappa shape index (κ3) is 4.85. The molecule has 10 heteroatoms. The summed E-state index contributed by atoms with van der Waals surface area (Å²) in [5.41, 5.74) is 1.46. The fourth-order valence-corrected chi connectivity index (χ4v) is 3.97. The zero-order chi connectivity index (χ0) is 24.9. The number of nitrogens with zero attached hydrogens (tertiary/aromatic N) is 4. The molecule has 0 aliphatic rings. The number of hydrogen-bond donors (Lipinski definition) is 2. The molecule has 1 heterocycles. The topological polar surface area (TPSA) is 137 Å². The Morgan fingerprint density at radius 3 is 2.63 bits per heavy atom. The minimum atomic E-state index is -0.732.